The third-order valence-electron chi connectivity index (χ3n) is 2.92. The van der Waals surface area contributed by atoms with E-state index in [4.69, 9.17) is 4.74 Å². The minimum Gasteiger partial charge on any atom is -0.481 e. The lowest BCUT2D eigenvalue weighted by Gasteiger charge is -2.14. The lowest BCUT2D eigenvalue weighted by molar-refractivity contribution is -0.122. The van der Waals surface area contributed by atoms with E-state index in [1.807, 2.05) is 0 Å². The van der Waals surface area contributed by atoms with Gasteiger partial charge in [0, 0.05) is 17.6 Å². The van der Waals surface area contributed by atoms with Gasteiger partial charge in [0.1, 0.15) is 0 Å². The summed E-state index contributed by atoms with van der Waals surface area (Å²) in [5.74, 6) is -0.676. The van der Waals surface area contributed by atoms with Crippen molar-refractivity contribution in [1.82, 2.24) is 10.6 Å². The molecule has 4 nitrogen and oxygen atoms in total. The zero-order valence-electron chi connectivity index (χ0n) is 11.3. The molecule has 2 rings (SSSR count). The summed E-state index contributed by atoms with van der Waals surface area (Å²) in [5.41, 5.74) is 1.20. The van der Waals surface area contributed by atoms with Crippen LogP contribution in [0.5, 0.6) is 5.75 Å². The number of nitrogens with one attached hydrogen (secondary N) is 2. The summed E-state index contributed by atoms with van der Waals surface area (Å²) in [6.07, 6.45) is 3.00. The first-order chi connectivity index (χ1) is 9.65. The van der Waals surface area contributed by atoms with Crippen molar-refractivity contribution in [1.29, 1.82) is 0 Å². The van der Waals surface area contributed by atoms with Gasteiger partial charge in [0.15, 0.2) is 18.2 Å². The maximum absolute atomic E-state index is 13.5. The van der Waals surface area contributed by atoms with Crippen LogP contribution in [0.1, 0.15) is 6.42 Å². The molecule has 0 saturated carbocycles. The Bertz CT molecular complexity index is 526. The molecule has 0 fully saturated rings. The van der Waals surface area contributed by atoms with E-state index in [2.05, 4.69) is 32.6 Å². The average Bonchev–Trinajstić information content (AvgIpc) is 2.45. The summed E-state index contributed by atoms with van der Waals surface area (Å²) in [6.45, 7) is 2.10. The van der Waals surface area contributed by atoms with Crippen molar-refractivity contribution in [2.75, 3.05) is 26.2 Å². The normalized spacial score (nSPS) is 13.9. The van der Waals surface area contributed by atoms with Crippen LogP contribution in [0.2, 0.25) is 0 Å². The quantitative estimate of drug-likeness (QED) is 0.773. The highest BCUT2D eigenvalue weighted by atomic mass is 79.9. The first kappa shape index (κ1) is 17.9. The molecule has 0 radical (unpaired) electrons. The highest BCUT2D eigenvalue weighted by Gasteiger charge is 2.08. The van der Waals surface area contributed by atoms with E-state index in [1.165, 1.54) is 17.7 Å². The molecule has 1 aromatic rings. The summed E-state index contributed by atoms with van der Waals surface area (Å²) in [4.78, 5) is 11.6. The molecule has 1 aliphatic heterocycles. The number of hydrogen-bond acceptors (Lipinski definition) is 3. The number of benzene rings is 1. The molecule has 116 valence electrons. The lowest BCUT2D eigenvalue weighted by atomic mass is 10.1. The number of carbonyl (C=O) groups excluding carboxylic acids is 1. The minimum absolute atomic E-state index is 0. The number of carbonyl (C=O) groups is 1. The van der Waals surface area contributed by atoms with Crippen LogP contribution in [-0.2, 0) is 4.79 Å². The Hall–Kier alpha value is -1.11. The van der Waals surface area contributed by atoms with E-state index in [9.17, 15) is 9.18 Å². The topological polar surface area (TPSA) is 50.4 Å². The first-order valence-corrected chi connectivity index (χ1v) is 7.17. The Kier molecular flexibility index (Phi) is 7.71. The summed E-state index contributed by atoms with van der Waals surface area (Å²) in [5, 5.41) is 5.96. The number of halogens is 3. The molecular formula is C14H17BrClFN2O2. The van der Waals surface area contributed by atoms with Crippen LogP contribution in [0.15, 0.2) is 34.3 Å². The second-order valence-corrected chi connectivity index (χ2v) is 5.37. The number of ether oxygens (including phenoxy) is 1. The Balaban J connectivity index is 0.00000220. The molecule has 1 heterocycles. The highest BCUT2D eigenvalue weighted by molar-refractivity contribution is 9.10. The van der Waals surface area contributed by atoms with Gasteiger partial charge in [-0.05, 0) is 31.2 Å². The molecule has 1 amide bonds. The van der Waals surface area contributed by atoms with Gasteiger partial charge in [0.25, 0.3) is 5.91 Å². The molecule has 0 unspecified atom stereocenters. The number of rotatable bonds is 5. The highest BCUT2D eigenvalue weighted by Crippen LogP contribution is 2.21. The minimum atomic E-state index is -0.492. The fourth-order valence-electron chi connectivity index (χ4n) is 1.83. The lowest BCUT2D eigenvalue weighted by Crippen LogP contribution is -2.32. The molecule has 0 saturated heterocycles. The van der Waals surface area contributed by atoms with Crippen LogP contribution in [0.3, 0.4) is 0 Å². The van der Waals surface area contributed by atoms with E-state index < -0.39 is 5.82 Å². The molecule has 1 aromatic carbocycles. The zero-order valence-corrected chi connectivity index (χ0v) is 13.7. The van der Waals surface area contributed by atoms with Crippen LogP contribution < -0.4 is 15.4 Å². The smallest absolute Gasteiger partial charge is 0.258 e. The number of amides is 1. The SMILES string of the molecule is Cl.O=C(COc1ccc(Br)cc1F)NCC1=CCNCC1. The first-order valence-electron chi connectivity index (χ1n) is 6.38. The average molecular weight is 380 g/mol. The van der Waals surface area contributed by atoms with Gasteiger partial charge in [-0.3, -0.25) is 4.79 Å². The Morgan fingerprint density at radius 2 is 2.29 bits per heavy atom. The second-order valence-electron chi connectivity index (χ2n) is 4.46. The number of hydrogen-bond donors (Lipinski definition) is 2. The van der Waals surface area contributed by atoms with Gasteiger partial charge in [0.05, 0.1) is 0 Å². The standard InChI is InChI=1S/C14H16BrFN2O2.ClH/c15-11-1-2-13(12(16)7-11)20-9-14(19)18-8-10-3-5-17-6-4-10;/h1-3,7,17H,4-6,8-9H2,(H,18,19);1H. The van der Waals surface area contributed by atoms with Gasteiger partial charge in [-0.25, -0.2) is 4.39 Å². The monoisotopic (exact) mass is 378 g/mol. The Labute approximate surface area is 137 Å². The second kappa shape index (κ2) is 9.02. The van der Waals surface area contributed by atoms with E-state index >= 15 is 0 Å². The predicted molar refractivity (Wildman–Crippen MR) is 85.4 cm³/mol. The molecule has 0 bridgehead atoms. The van der Waals surface area contributed by atoms with Crippen LogP contribution in [0.4, 0.5) is 4.39 Å². The Morgan fingerprint density at radius 1 is 1.48 bits per heavy atom. The largest absolute Gasteiger partial charge is 0.481 e. The van der Waals surface area contributed by atoms with E-state index in [1.54, 1.807) is 6.07 Å². The third kappa shape index (κ3) is 6.03. The zero-order chi connectivity index (χ0) is 14.4. The summed E-state index contributed by atoms with van der Waals surface area (Å²) in [6, 6.07) is 4.45. The van der Waals surface area contributed by atoms with Crippen LogP contribution >= 0.6 is 28.3 Å². The summed E-state index contributed by atoms with van der Waals surface area (Å²) < 4.78 is 19.3. The maximum Gasteiger partial charge on any atom is 0.258 e. The van der Waals surface area contributed by atoms with Gasteiger partial charge < -0.3 is 15.4 Å². The molecule has 1 aliphatic rings. The Morgan fingerprint density at radius 3 is 2.95 bits per heavy atom. The van der Waals surface area contributed by atoms with Crippen molar-refractivity contribution >= 4 is 34.2 Å². The van der Waals surface area contributed by atoms with Crippen LogP contribution in [-0.4, -0.2) is 32.1 Å². The van der Waals surface area contributed by atoms with E-state index in [-0.39, 0.29) is 30.7 Å². The van der Waals surface area contributed by atoms with Gasteiger partial charge in [-0.15, -0.1) is 12.4 Å². The fraction of sp³-hybridized carbons (Fsp3) is 0.357. The van der Waals surface area contributed by atoms with E-state index in [0.717, 1.165) is 19.5 Å². The summed E-state index contributed by atoms with van der Waals surface area (Å²) >= 11 is 3.16. The van der Waals surface area contributed by atoms with Crippen molar-refractivity contribution < 1.29 is 13.9 Å². The van der Waals surface area contributed by atoms with Crippen molar-refractivity contribution in [2.45, 2.75) is 6.42 Å². The molecule has 0 aromatic heterocycles. The van der Waals surface area contributed by atoms with Gasteiger partial charge in [-0.2, -0.15) is 0 Å². The third-order valence-corrected chi connectivity index (χ3v) is 3.42. The molecular weight excluding hydrogens is 363 g/mol. The molecule has 0 atom stereocenters. The van der Waals surface area contributed by atoms with Crippen molar-refractivity contribution in [3.8, 4) is 5.75 Å². The van der Waals surface area contributed by atoms with Crippen molar-refractivity contribution in [2.24, 2.45) is 0 Å². The van der Waals surface area contributed by atoms with Crippen LogP contribution in [0.25, 0.3) is 0 Å². The van der Waals surface area contributed by atoms with Gasteiger partial charge >= 0.3 is 0 Å². The molecule has 7 heteroatoms. The summed E-state index contributed by atoms with van der Waals surface area (Å²) in [7, 11) is 0. The predicted octanol–water partition coefficient (Wildman–Crippen LogP) is 2.42. The van der Waals surface area contributed by atoms with Gasteiger partial charge in [0.2, 0.25) is 0 Å². The molecule has 2 N–H and O–H groups in total. The molecule has 0 spiro atoms. The van der Waals surface area contributed by atoms with Gasteiger partial charge in [-0.1, -0.05) is 27.6 Å². The fourth-order valence-corrected chi connectivity index (χ4v) is 2.16. The molecule has 21 heavy (non-hydrogen) atoms. The van der Waals surface area contributed by atoms with Crippen molar-refractivity contribution in [3.63, 3.8) is 0 Å². The maximum atomic E-state index is 13.5. The van der Waals surface area contributed by atoms with Crippen LogP contribution in [0, 0.1) is 5.82 Å². The van der Waals surface area contributed by atoms with Crippen molar-refractivity contribution in [3.05, 3.63) is 40.1 Å². The van der Waals surface area contributed by atoms with E-state index in [0.29, 0.717) is 11.0 Å². The molecule has 0 aliphatic carbocycles.